The molecule has 1 aliphatic rings. The van der Waals surface area contributed by atoms with E-state index in [4.69, 9.17) is 17.3 Å². The number of hydrogen-bond donors (Lipinski definition) is 2. The molecule has 0 unspecified atom stereocenters. The lowest BCUT2D eigenvalue weighted by Gasteiger charge is -2.11. The first-order valence-corrected chi connectivity index (χ1v) is 4.94. The van der Waals surface area contributed by atoms with Gasteiger partial charge in [0, 0.05) is 0 Å². The lowest BCUT2D eigenvalue weighted by molar-refractivity contribution is -0.118. The Kier molecular flexibility index (Phi) is 2.40. The number of nitrogens with one attached hydrogen (secondary N) is 1. The van der Waals surface area contributed by atoms with Crippen LogP contribution in [0.4, 0.5) is 10.1 Å². The van der Waals surface area contributed by atoms with Gasteiger partial charge in [-0.15, -0.1) is 0 Å². The summed E-state index contributed by atoms with van der Waals surface area (Å²) in [5.41, 5.74) is 5.16. The fraction of sp³-hybridized carbons (Fsp3) is 0.300. The van der Waals surface area contributed by atoms with Gasteiger partial charge in [-0.2, -0.15) is 0 Å². The minimum atomic E-state index is -0.782. The van der Waals surface area contributed by atoms with Crippen LogP contribution in [0.2, 0.25) is 5.02 Å². The minimum absolute atomic E-state index is 0.262. The quantitative estimate of drug-likeness (QED) is 0.813. The molecule has 0 bridgehead atoms. The fourth-order valence-corrected chi connectivity index (χ4v) is 1.37. The molecule has 3 N–H and O–H groups in total. The highest BCUT2D eigenvalue weighted by molar-refractivity contribution is 6.33. The summed E-state index contributed by atoms with van der Waals surface area (Å²) in [5, 5.41) is 2.82. The van der Waals surface area contributed by atoms with Crippen LogP contribution in [-0.2, 0) is 4.79 Å². The van der Waals surface area contributed by atoms with Crippen molar-refractivity contribution in [2.24, 2.45) is 5.73 Å². The SMILES string of the molecule is NC1(C(=O)Nc2cc(F)ccc2Cl)CC1. The van der Waals surface area contributed by atoms with Crippen LogP contribution in [0.15, 0.2) is 18.2 Å². The van der Waals surface area contributed by atoms with Gasteiger partial charge in [0.15, 0.2) is 0 Å². The lowest BCUT2D eigenvalue weighted by atomic mass is 10.2. The van der Waals surface area contributed by atoms with Gasteiger partial charge in [0.25, 0.3) is 0 Å². The third-order valence-electron chi connectivity index (χ3n) is 2.42. The molecule has 1 aromatic carbocycles. The Morgan fingerprint density at radius 3 is 2.80 bits per heavy atom. The van der Waals surface area contributed by atoms with E-state index < -0.39 is 11.4 Å². The van der Waals surface area contributed by atoms with E-state index in [0.29, 0.717) is 17.9 Å². The molecule has 1 fully saturated rings. The molecular weight excluding hydrogens is 219 g/mol. The Hall–Kier alpha value is -1.13. The second-order valence-electron chi connectivity index (χ2n) is 3.73. The summed E-state index contributed by atoms with van der Waals surface area (Å²) >= 11 is 5.79. The number of nitrogens with two attached hydrogens (primary N) is 1. The smallest absolute Gasteiger partial charge is 0.244 e. The third-order valence-corrected chi connectivity index (χ3v) is 2.75. The van der Waals surface area contributed by atoms with Crippen LogP contribution in [0.5, 0.6) is 0 Å². The van der Waals surface area contributed by atoms with Crippen molar-refractivity contribution in [1.29, 1.82) is 0 Å². The molecule has 1 aromatic rings. The summed E-state index contributed by atoms with van der Waals surface area (Å²) in [6.07, 6.45) is 1.32. The van der Waals surface area contributed by atoms with Gasteiger partial charge >= 0.3 is 0 Å². The Morgan fingerprint density at radius 2 is 2.20 bits per heavy atom. The highest BCUT2D eigenvalue weighted by Crippen LogP contribution is 2.34. The van der Waals surface area contributed by atoms with Crippen molar-refractivity contribution in [3.05, 3.63) is 29.0 Å². The van der Waals surface area contributed by atoms with Gasteiger partial charge in [-0.3, -0.25) is 4.79 Å². The van der Waals surface area contributed by atoms with E-state index in [0.717, 1.165) is 0 Å². The second-order valence-corrected chi connectivity index (χ2v) is 4.14. The normalized spacial score (nSPS) is 17.3. The second kappa shape index (κ2) is 3.47. The Balaban J connectivity index is 2.16. The zero-order chi connectivity index (χ0) is 11.1. The summed E-state index contributed by atoms with van der Waals surface area (Å²) in [7, 11) is 0. The van der Waals surface area contributed by atoms with Crippen LogP contribution < -0.4 is 11.1 Å². The van der Waals surface area contributed by atoms with Crippen molar-refractivity contribution in [3.63, 3.8) is 0 Å². The van der Waals surface area contributed by atoms with E-state index in [9.17, 15) is 9.18 Å². The van der Waals surface area contributed by atoms with E-state index >= 15 is 0 Å². The Bertz CT molecular complexity index is 418. The summed E-state index contributed by atoms with van der Waals surface area (Å²) in [6, 6.07) is 3.79. The van der Waals surface area contributed by atoms with Crippen LogP contribution in [0.1, 0.15) is 12.8 Å². The molecular formula is C10H10ClFN2O. The molecule has 1 aliphatic carbocycles. The average Bonchev–Trinajstić information content (AvgIpc) is 2.91. The first-order chi connectivity index (χ1) is 7.01. The van der Waals surface area contributed by atoms with Crippen molar-refractivity contribution >= 4 is 23.2 Å². The van der Waals surface area contributed by atoms with Gasteiger partial charge in [-0.25, -0.2) is 4.39 Å². The van der Waals surface area contributed by atoms with E-state index in [1.807, 2.05) is 0 Å². The molecule has 2 rings (SSSR count). The molecule has 0 atom stereocenters. The topological polar surface area (TPSA) is 55.1 Å². The molecule has 0 aliphatic heterocycles. The monoisotopic (exact) mass is 228 g/mol. The highest BCUT2D eigenvalue weighted by atomic mass is 35.5. The van der Waals surface area contributed by atoms with Crippen LogP contribution in [0, 0.1) is 5.82 Å². The zero-order valence-electron chi connectivity index (χ0n) is 7.89. The van der Waals surface area contributed by atoms with E-state index in [-0.39, 0.29) is 11.6 Å². The maximum atomic E-state index is 12.9. The Labute approximate surface area is 91.4 Å². The van der Waals surface area contributed by atoms with Crippen LogP contribution in [0.25, 0.3) is 0 Å². The molecule has 5 heteroatoms. The van der Waals surface area contributed by atoms with Gasteiger partial charge in [0.2, 0.25) is 5.91 Å². The summed E-state index contributed by atoms with van der Waals surface area (Å²) in [6.45, 7) is 0. The van der Waals surface area contributed by atoms with Gasteiger partial charge < -0.3 is 11.1 Å². The van der Waals surface area contributed by atoms with Crippen LogP contribution in [0.3, 0.4) is 0 Å². The predicted octanol–water partition coefficient (Wildman–Crippen LogP) is 1.91. The van der Waals surface area contributed by atoms with E-state index in [2.05, 4.69) is 5.32 Å². The predicted molar refractivity (Wildman–Crippen MR) is 56.2 cm³/mol. The number of hydrogen-bond acceptors (Lipinski definition) is 2. The largest absolute Gasteiger partial charge is 0.323 e. The number of carbonyl (C=O) groups is 1. The number of benzene rings is 1. The molecule has 0 spiro atoms. The van der Waals surface area contributed by atoms with Crippen LogP contribution in [-0.4, -0.2) is 11.4 Å². The summed E-state index contributed by atoms with van der Waals surface area (Å²) < 4.78 is 12.9. The molecule has 0 heterocycles. The van der Waals surface area contributed by atoms with Crippen LogP contribution >= 0.6 is 11.6 Å². The van der Waals surface area contributed by atoms with Crippen molar-refractivity contribution in [1.82, 2.24) is 0 Å². The first kappa shape index (κ1) is 10.4. The maximum absolute atomic E-state index is 12.9. The third kappa shape index (κ3) is 2.11. The summed E-state index contributed by atoms with van der Waals surface area (Å²) in [4.78, 5) is 11.5. The maximum Gasteiger partial charge on any atom is 0.244 e. The molecule has 1 saturated carbocycles. The Morgan fingerprint density at radius 1 is 1.53 bits per heavy atom. The van der Waals surface area contributed by atoms with Crippen molar-refractivity contribution < 1.29 is 9.18 Å². The van der Waals surface area contributed by atoms with Crippen molar-refractivity contribution in [2.75, 3.05) is 5.32 Å². The number of amides is 1. The number of carbonyl (C=O) groups excluding carboxylic acids is 1. The van der Waals surface area contributed by atoms with E-state index in [1.165, 1.54) is 18.2 Å². The molecule has 15 heavy (non-hydrogen) atoms. The number of anilines is 1. The van der Waals surface area contributed by atoms with Gasteiger partial charge in [0.1, 0.15) is 5.82 Å². The number of rotatable bonds is 2. The molecule has 0 aromatic heterocycles. The molecule has 3 nitrogen and oxygen atoms in total. The highest BCUT2D eigenvalue weighted by Gasteiger charge is 2.46. The number of halogens is 2. The van der Waals surface area contributed by atoms with Crippen molar-refractivity contribution in [2.45, 2.75) is 18.4 Å². The first-order valence-electron chi connectivity index (χ1n) is 4.57. The van der Waals surface area contributed by atoms with Gasteiger partial charge in [0.05, 0.1) is 16.2 Å². The van der Waals surface area contributed by atoms with Gasteiger partial charge in [-0.05, 0) is 31.0 Å². The molecule has 0 radical (unpaired) electrons. The zero-order valence-corrected chi connectivity index (χ0v) is 8.64. The standard InChI is InChI=1S/C10H10ClFN2O/c11-7-2-1-6(12)5-8(7)14-9(15)10(13)3-4-10/h1-2,5H,3-4,13H2,(H,14,15). The van der Waals surface area contributed by atoms with Crippen molar-refractivity contribution in [3.8, 4) is 0 Å². The fourth-order valence-electron chi connectivity index (χ4n) is 1.20. The average molecular weight is 229 g/mol. The van der Waals surface area contributed by atoms with E-state index in [1.54, 1.807) is 0 Å². The molecule has 0 saturated heterocycles. The molecule has 1 amide bonds. The lowest BCUT2D eigenvalue weighted by Crippen LogP contribution is -2.37. The van der Waals surface area contributed by atoms with Gasteiger partial charge in [-0.1, -0.05) is 11.6 Å². The minimum Gasteiger partial charge on any atom is -0.323 e. The molecule has 80 valence electrons. The summed E-state index contributed by atoms with van der Waals surface area (Å²) in [5.74, 6) is -0.758.